The van der Waals surface area contributed by atoms with Crippen LogP contribution in [-0.4, -0.2) is 15.9 Å². The number of halogens is 3. The van der Waals surface area contributed by atoms with Gasteiger partial charge in [0.1, 0.15) is 6.17 Å². The van der Waals surface area contributed by atoms with Crippen LogP contribution in [0, 0.1) is 13.8 Å². The molecule has 1 rings (SSSR count). The molecule has 6 heteroatoms. The first-order chi connectivity index (χ1) is 11.2. The Kier molecular flexibility index (Phi) is 9.25. The zero-order valence-corrected chi connectivity index (χ0v) is 16.9. The van der Waals surface area contributed by atoms with Crippen LogP contribution in [0.2, 0.25) is 0 Å². The highest BCUT2D eigenvalue weighted by atomic mass is 35.6. The molecule has 0 radical (unpaired) electrons. The van der Waals surface area contributed by atoms with Crippen molar-refractivity contribution in [1.82, 2.24) is 5.32 Å². The van der Waals surface area contributed by atoms with Gasteiger partial charge in [0.2, 0.25) is 9.70 Å². The summed E-state index contributed by atoms with van der Waals surface area (Å²) in [5.41, 5.74) is 3.02. The average molecular weight is 394 g/mol. The second-order valence-corrected chi connectivity index (χ2v) is 8.54. The fourth-order valence-corrected chi connectivity index (χ4v) is 2.78. The first kappa shape index (κ1) is 21.4. The summed E-state index contributed by atoms with van der Waals surface area (Å²) in [6, 6.07) is 5.93. The number of carbonyl (C=O) groups excluding carboxylic acids is 1. The van der Waals surface area contributed by atoms with Crippen LogP contribution < -0.4 is 10.6 Å². The van der Waals surface area contributed by atoms with Crippen molar-refractivity contribution in [2.75, 3.05) is 5.32 Å². The summed E-state index contributed by atoms with van der Waals surface area (Å²) < 4.78 is -1.64. The highest BCUT2D eigenvalue weighted by Gasteiger charge is 2.34. The molecule has 0 aromatic heterocycles. The molecule has 2 N–H and O–H groups in total. The van der Waals surface area contributed by atoms with Crippen molar-refractivity contribution < 1.29 is 4.79 Å². The van der Waals surface area contributed by atoms with Gasteiger partial charge in [-0.1, -0.05) is 85.1 Å². The maximum atomic E-state index is 12.1. The number of unbranched alkanes of at least 4 members (excludes halogenated alkanes) is 4. The van der Waals surface area contributed by atoms with Crippen molar-refractivity contribution in [2.24, 2.45) is 0 Å². The quantitative estimate of drug-likeness (QED) is 0.312. The summed E-state index contributed by atoms with van der Waals surface area (Å²) in [5.74, 6) is -0.111. The van der Waals surface area contributed by atoms with Gasteiger partial charge >= 0.3 is 0 Å². The lowest BCUT2D eigenvalue weighted by molar-refractivity contribution is -0.121. The standard InChI is InChI=1S/C18H27Cl3N2O/c1-4-5-6-7-8-9-16(24)23-17(18(19,20)21)22-15-11-10-13(2)12-14(15)3/h10-12,17,22H,4-9H2,1-3H3,(H,23,24)/t17-/m1/s1. The minimum Gasteiger partial charge on any atom is -0.362 e. The predicted octanol–water partition coefficient (Wildman–Crippen LogP) is 5.89. The highest BCUT2D eigenvalue weighted by Crippen LogP contribution is 2.32. The lowest BCUT2D eigenvalue weighted by Gasteiger charge is -2.28. The Morgan fingerprint density at radius 1 is 1.12 bits per heavy atom. The van der Waals surface area contributed by atoms with Gasteiger partial charge in [0.05, 0.1) is 0 Å². The van der Waals surface area contributed by atoms with Gasteiger partial charge in [0.25, 0.3) is 0 Å². The highest BCUT2D eigenvalue weighted by molar-refractivity contribution is 6.68. The van der Waals surface area contributed by atoms with Gasteiger partial charge in [-0.2, -0.15) is 0 Å². The van der Waals surface area contributed by atoms with E-state index >= 15 is 0 Å². The monoisotopic (exact) mass is 392 g/mol. The number of carbonyl (C=O) groups is 1. The molecule has 1 atom stereocenters. The Balaban J connectivity index is 2.61. The number of anilines is 1. The third kappa shape index (κ3) is 7.96. The van der Waals surface area contributed by atoms with Crippen LogP contribution in [0.3, 0.4) is 0 Å². The van der Waals surface area contributed by atoms with E-state index in [2.05, 4.69) is 17.6 Å². The van der Waals surface area contributed by atoms with Crippen molar-refractivity contribution >= 4 is 46.4 Å². The normalized spacial score (nSPS) is 12.8. The lowest BCUT2D eigenvalue weighted by atomic mass is 10.1. The summed E-state index contributed by atoms with van der Waals surface area (Å²) in [6.07, 6.45) is 5.08. The van der Waals surface area contributed by atoms with Gasteiger partial charge in [0.15, 0.2) is 0 Å². The molecule has 0 unspecified atom stereocenters. The SMILES string of the molecule is CCCCCCCC(=O)N[C@@H](Nc1ccc(C)cc1C)C(Cl)(Cl)Cl. The number of benzene rings is 1. The van der Waals surface area contributed by atoms with Crippen molar-refractivity contribution in [2.45, 2.75) is 69.3 Å². The van der Waals surface area contributed by atoms with Gasteiger partial charge in [-0.3, -0.25) is 4.79 Å². The van der Waals surface area contributed by atoms with Crippen LogP contribution in [0.1, 0.15) is 56.6 Å². The first-order valence-electron chi connectivity index (χ1n) is 8.44. The number of hydrogen-bond donors (Lipinski definition) is 2. The maximum absolute atomic E-state index is 12.1. The molecule has 0 saturated heterocycles. The summed E-state index contributed by atoms with van der Waals surface area (Å²) in [6.45, 7) is 6.15. The fraction of sp³-hybridized carbons (Fsp3) is 0.611. The van der Waals surface area contributed by atoms with Crippen molar-refractivity contribution in [1.29, 1.82) is 0 Å². The third-order valence-electron chi connectivity index (χ3n) is 3.82. The van der Waals surface area contributed by atoms with Crippen LogP contribution in [0.25, 0.3) is 0 Å². The Morgan fingerprint density at radius 3 is 2.38 bits per heavy atom. The van der Waals surface area contributed by atoms with E-state index in [0.717, 1.165) is 36.1 Å². The van der Waals surface area contributed by atoms with Gasteiger partial charge in [-0.25, -0.2) is 0 Å². The molecule has 0 spiro atoms. The minimum atomic E-state index is -1.64. The van der Waals surface area contributed by atoms with E-state index < -0.39 is 9.96 Å². The van der Waals surface area contributed by atoms with Crippen LogP contribution >= 0.6 is 34.8 Å². The summed E-state index contributed by atoms with van der Waals surface area (Å²) >= 11 is 18.1. The molecule has 0 saturated carbocycles. The Morgan fingerprint density at radius 2 is 1.79 bits per heavy atom. The van der Waals surface area contributed by atoms with Gasteiger partial charge in [-0.05, 0) is 31.9 Å². The molecule has 1 amide bonds. The molecule has 0 bridgehead atoms. The van der Waals surface area contributed by atoms with Gasteiger partial charge in [0, 0.05) is 12.1 Å². The van der Waals surface area contributed by atoms with E-state index in [1.54, 1.807) is 0 Å². The molecule has 1 aromatic rings. The summed E-state index contributed by atoms with van der Waals surface area (Å²) in [5, 5.41) is 5.92. The Bertz CT molecular complexity index is 529. The molecule has 1 aromatic carbocycles. The predicted molar refractivity (Wildman–Crippen MR) is 105 cm³/mol. The maximum Gasteiger partial charge on any atom is 0.228 e. The molecule has 0 aliphatic heterocycles. The van der Waals surface area contributed by atoms with Crippen LogP contribution in [0.4, 0.5) is 5.69 Å². The van der Waals surface area contributed by atoms with E-state index in [4.69, 9.17) is 34.8 Å². The molecule has 24 heavy (non-hydrogen) atoms. The van der Waals surface area contributed by atoms with Crippen molar-refractivity contribution in [3.63, 3.8) is 0 Å². The molecule has 0 fully saturated rings. The average Bonchev–Trinajstić information content (AvgIpc) is 2.48. The number of rotatable bonds is 9. The third-order valence-corrected chi connectivity index (χ3v) is 4.48. The molecule has 3 nitrogen and oxygen atoms in total. The van der Waals surface area contributed by atoms with E-state index in [9.17, 15) is 4.79 Å². The molecule has 0 aliphatic rings. The number of nitrogens with one attached hydrogen (secondary N) is 2. The van der Waals surface area contributed by atoms with E-state index in [0.29, 0.717) is 6.42 Å². The van der Waals surface area contributed by atoms with E-state index in [-0.39, 0.29) is 5.91 Å². The summed E-state index contributed by atoms with van der Waals surface area (Å²) in [7, 11) is 0. The second kappa shape index (κ2) is 10.4. The number of alkyl halides is 3. The first-order valence-corrected chi connectivity index (χ1v) is 9.57. The van der Waals surface area contributed by atoms with Gasteiger partial charge < -0.3 is 10.6 Å². The number of amides is 1. The van der Waals surface area contributed by atoms with Crippen molar-refractivity contribution in [3.05, 3.63) is 29.3 Å². The summed E-state index contributed by atoms with van der Waals surface area (Å²) in [4.78, 5) is 12.1. The second-order valence-electron chi connectivity index (χ2n) is 6.17. The Labute approximate surface area is 160 Å². The molecule has 0 aliphatic carbocycles. The minimum absolute atomic E-state index is 0.111. The molecule has 0 heterocycles. The molecule has 136 valence electrons. The zero-order valence-electron chi connectivity index (χ0n) is 14.6. The fourth-order valence-electron chi connectivity index (χ4n) is 2.45. The van der Waals surface area contributed by atoms with E-state index in [1.807, 2.05) is 32.0 Å². The van der Waals surface area contributed by atoms with Crippen LogP contribution in [0.5, 0.6) is 0 Å². The molecular weight excluding hydrogens is 367 g/mol. The lowest BCUT2D eigenvalue weighted by Crippen LogP contribution is -2.49. The van der Waals surface area contributed by atoms with E-state index in [1.165, 1.54) is 12.8 Å². The smallest absolute Gasteiger partial charge is 0.228 e. The topological polar surface area (TPSA) is 41.1 Å². The van der Waals surface area contributed by atoms with Crippen molar-refractivity contribution in [3.8, 4) is 0 Å². The number of hydrogen-bond acceptors (Lipinski definition) is 2. The largest absolute Gasteiger partial charge is 0.362 e. The number of aryl methyl sites for hydroxylation is 2. The Hall–Kier alpha value is -0.640. The molecular formula is C18H27Cl3N2O. The van der Waals surface area contributed by atoms with Crippen LogP contribution in [-0.2, 0) is 4.79 Å². The van der Waals surface area contributed by atoms with Crippen LogP contribution in [0.15, 0.2) is 18.2 Å². The van der Waals surface area contributed by atoms with Gasteiger partial charge in [-0.15, -0.1) is 0 Å². The zero-order chi connectivity index (χ0) is 18.2.